The van der Waals surface area contributed by atoms with Gasteiger partial charge in [-0.2, -0.15) is 0 Å². The van der Waals surface area contributed by atoms with E-state index in [-0.39, 0.29) is 5.91 Å². The van der Waals surface area contributed by atoms with Crippen LogP contribution >= 0.6 is 22.7 Å². The van der Waals surface area contributed by atoms with Gasteiger partial charge in [-0.1, -0.05) is 30.3 Å². The molecule has 0 aliphatic carbocycles. The van der Waals surface area contributed by atoms with E-state index in [1.54, 1.807) is 28.9 Å². The third-order valence-electron chi connectivity index (χ3n) is 4.54. The molecule has 3 heterocycles. The molecule has 1 amide bonds. The summed E-state index contributed by atoms with van der Waals surface area (Å²) in [6.45, 7) is 0. The highest BCUT2D eigenvalue weighted by molar-refractivity contribution is 7.15. The molecular formula is C22H16N4OS2. The minimum atomic E-state index is -0.0540. The van der Waals surface area contributed by atoms with E-state index in [4.69, 9.17) is 0 Å². The maximum atomic E-state index is 12.6. The fraction of sp³-hybridized carbons (Fsp3) is 0.0455. The lowest BCUT2D eigenvalue weighted by Gasteiger charge is -2.05. The number of carbonyl (C=O) groups is 1. The molecule has 5 nitrogen and oxygen atoms in total. The van der Waals surface area contributed by atoms with Gasteiger partial charge in [0, 0.05) is 45.7 Å². The Hall–Kier alpha value is -3.29. The second kappa shape index (κ2) is 7.62. The van der Waals surface area contributed by atoms with E-state index in [2.05, 4.69) is 15.3 Å². The average molecular weight is 417 g/mol. The highest BCUT2D eigenvalue weighted by Crippen LogP contribution is 2.25. The average Bonchev–Trinajstić information content (AvgIpc) is 3.48. The molecule has 0 unspecified atom stereocenters. The van der Waals surface area contributed by atoms with Crippen LogP contribution in [0.3, 0.4) is 0 Å². The summed E-state index contributed by atoms with van der Waals surface area (Å²) in [7, 11) is 0. The van der Waals surface area contributed by atoms with E-state index < -0.39 is 0 Å². The summed E-state index contributed by atoms with van der Waals surface area (Å²) in [5.41, 5.74) is 4.73. The van der Waals surface area contributed by atoms with Gasteiger partial charge in [0.2, 0.25) is 5.91 Å². The summed E-state index contributed by atoms with van der Waals surface area (Å²) in [5.74, 6) is -0.0540. The predicted molar refractivity (Wildman–Crippen MR) is 118 cm³/mol. The molecule has 0 fully saturated rings. The number of carbonyl (C=O) groups excluding carboxylic acids is 1. The van der Waals surface area contributed by atoms with Gasteiger partial charge in [0.05, 0.1) is 12.1 Å². The Labute approximate surface area is 175 Å². The molecule has 2 aromatic carbocycles. The quantitative estimate of drug-likeness (QED) is 0.419. The number of nitrogens with one attached hydrogen (secondary N) is 1. The monoisotopic (exact) mass is 416 g/mol. The van der Waals surface area contributed by atoms with Crippen molar-refractivity contribution in [3.63, 3.8) is 0 Å². The highest BCUT2D eigenvalue weighted by Gasteiger charge is 2.13. The van der Waals surface area contributed by atoms with Gasteiger partial charge in [-0.15, -0.1) is 22.7 Å². The molecule has 5 rings (SSSR count). The van der Waals surface area contributed by atoms with Crippen molar-refractivity contribution >= 4 is 39.2 Å². The van der Waals surface area contributed by atoms with Crippen molar-refractivity contribution in [1.82, 2.24) is 14.4 Å². The van der Waals surface area contributed by atoms with Gasteiger partial charge < -0.3 is 5.32 Å². The number of benzene rings is 2. The zero-order chi connectivity index (χ0) is 19.6. The van der Waals surface area contributed by atoms with Crippen LogP contribution in [0.1, 0.15) is 5.69 Å². The van der Waals surface area contributed by atoms with Crippen molar-refractivity contribution in [3.8, 4) is 21.8 Å². The maximum absolute atomic E-state index is 12.6. The van der Waals surface area contributed by atoms with Crippen LogP contribution < -0.4 is 5.32 Å². The van der Waals surface area contributed by atoms with Gasteiger partial charge in [0.25, 0.3) is 0 Å². The van der Waals surface area contributed by atoms with E-state index in [1.165, 1.54) is 0 Å². The lowest BCUT2D eigenvalue weighted by Crippen LogP contribution is -2.15. The number of rotatable bonds is 5. The summed E-state index contributed by atoms with van der Waals surface area (Å²) < 4.78 is 2.00. The highest BCUT2D eigenvalue weighted by atomic mass is 32.1. The number of amides is 1. The van der Waals surface area contributed by atoms with Gasteiger partial charge >= 0.3 is 0 Å². The normalized spacial score (nSPS) is 11.0. The first kappa shape index (κ1) is 17.8. The summed E-state index contributed by atoms with van der Waals surface area (Å²) in [4.78, 5) is 22.4. The van der Waals surface area contributed by atoms with Gasteiger partial charge in [-0.05, 0) is 24.3 Å². The molecule has 0 aliphatic rings. The Morgan fingerprint density at radius 3 is 2.59 bits per heavy atom. The van der Waals surface area contributed by atoms with Crippen LogP contribution in [-0.4, -0.2) is 20.3 Å². The molecule has 29 heavy (non-hydrogen) atoms. The summed E-state index contributed by atoms with van der Waals surface area (Å²) in [5, 5.41) is 7.88. The standard InChI is InChI=1S/C22H16N4OS2/c27-20(24-17-8-6-16(7-9-17)21-23-10-11-28-21)12-18-14-29-22-25-19(13-26(18)22)15-4-2-1-3-5-15/h1-11,13-14H,12H2,(H,24,27). The van der Waals surface area contributed by atoms with Crippen molar-refractivity contribution in [1.29, 1.82) is 0 Å². The third kappa shape index (κ3) is 3.70. The Morgan fingerprint density at radius 2 is 1.83 bits per heavy atom. The van der Waals surface area contributed by atoms with Crippen molar-refractivity contribution in [2.45, 2.75) is 6.42 Å². The summed E-state index contributed by atoms with van der Waals surface area (Å²) >= 11 is 3.14. The molecule has 0 radical (unpaired) electrons. The molecule has 0 bridgehead atoms. The fourth-order valence-corrected chi connectivity index (χ4v) is 4.65. The molecule has 3 aromatic heterocycles. The van der Waals surface area contributed by atoms with Crippen LogP contribution in [0.25, 0.3) is 26.8 Å². The molecule has 0 saturated carbocycles. The van der Waals surface area contributed by atoms with Crippen LogP contribution in [0.4, 0.5) is 5.69 Å². The molecule has 0 atom stereocenters. The molecular weight excluding hydrogens is 400 g/mol. The molecule has 5 aromatic rings. The topological polar surface area (TPSA) is 59.3 Å². The number of anilines is 1. The molecule has 0 saturated heterocycles. The first-order valence-electron chi connectivity index (χ1n) is 9.07. The zero-order valence-electron chi connectivity index (χ0n) is 15.3. The lowest BCUT2D eigenvalue weighted by atomic mass is 10.2. The van der Waals surface area contributed by atoms with Crippen LogP contribution in [0.2, 0.25) is 0 Å². The number of thiazole rings is 2. The number of fused-ring (bicyclic) bond motifs is 1. The number of imidazole rings is 1. The van der Waals surface area contributed by atoms with Crippen LogP contribution in [-0.2, 0) is 11.2 Å². The second-order valence-corrected chi connectivity index (χ2v) is 8.24. The number of hydrogen-bond acceptors (Lipinski definition) is 5. The van der Waals surface area contributed by atoms with E-state index in [0.717, 1.165) is 38.2 Å². The molecule has 1 N–H and O–H groups in total. The van der Waals surface area contributed by atoms with E-state index in [0.29, 0.717) is 6.42 Å². The fourth-order valence-electron chi connectivity index (χ4n) is 3.14. The SMILES string of the molecule is O=C(Cc1csc2nc(-c3ccccc3)cn12)Nc1ccc(-c2nccs2)cc1. The molecule has 7 heteroatoms. The van der Waals surface area contributed by atoms with Crippen molar-refractivity contribution in [3.05, 3.63) is 83.4 Å². The third-order valence-corrected chi connectivity index (χ3v) is 6.25. The number of nitrogens with zero attached hydrogens (tertiary/aromatic N) is 3. The summed E-state index contributed by atoms with van der Waals surface area (Å²) in [6, 6.07) is 17.8. The Kier molecular flexibility index (Phi) is 4.67. The Morgan fingerprint density at radius 1 is 1.00 bits per heavy atom. The molecule has 0 spiro atoms. The zero-order valence-corrected chi connectivity index (χ0v) is 16.9. The van der Waals surface area contributed by atoms with Gasteiger partial charge in [0.15, 0.2) is 4.96 Å². The Bertz CT molecular complexity index is 1260. The smallest absolute Gasteiger partial charge is 0.230 e. The maximum Gasteiger partial charge on any atom is 0.230 e. The van der Waals surface area contributed by atoms with Crippen molar-refractivity contribution in [2.75, 3.05) is 5.32 Å². The second-order valence-electron chi connectivity index (χ2n) is 6.51. The van der Waals surface area contributed by atoms with E-state index in [9.17, 15) is 4.79 Å². The Balaban J connectivity index is 1.30. The first-order valence-corrected chi connectivity index (χ1v) is 10.8. The van der Waals surface area contributed by atoms with Gasteiger partial charge in [-0.25, -0.2) is 9.97 Å². The predicted octanol–water partition coefficient (Wildman–Crippen LogP) is 5.37. The van der Waals surface area contributed by atoms with Crippen LogP contribution in [0.5, 0.6) is 0 Å². The number of aromatic nitrogens is 3. The molecule has 0 aliphatic heterocycles. The summed E-state index contributed by atoms with van der Waals surface area (Å²) in [6.07, 6.45) is 4.07. The minimum absolute atomic E-state index is 0.0540. The largest absolute Gasteiger partial charge is 0.326 e. The van der Waals surface area contributed by atoms with E-state index >= 15 is 0 Å². The van der Waals surface area contributed by atoms with Gasteiger partial charge in [-0.3, -0.25) is 9.20 Å². The van der Waals surface area contributed by atoms with E-state index in [1.807, 2.05) is 76.0 Å². The minimum Gasteiger partial charge on any atom is -0.326 e. The van der Waals surface area contributed by atoms with Gasteiger partial charge in [0.1, 0.15) is 5.01 Å². The first-order chi connectivity index (χ1) is 14.3. The molecule has 142 valence electrons. The van der Waals surface area contributed by atoms with Crippen LogP contribution in [0.15, 0.2) is 77.8 Å². The van der Waals surface area contributed by atoms with Crippen molar-refractivity contribution < 1.29 is 4.79 Å². The van der Waals surface area contributed by atoms with Crippen LogP contribution in [0, 0.1) is 0 Å². The number of hydrogen-bond donors (Lipinski definition) is 1. The van der Waals surface area contributed by atoms with Crippen molar-refractivity contribution in [2.24, 2.45) is 0 Å². The lowest BCUT2D eigenvalue weighted by molar-refractivity contribution is -0.115.